The van der Waals surface area contributed by atoms with Gasteiger partial charge in [0, 0.05) is 5.02 Å². The van der Waals surface area contributed by atoms with E-state index in [-0.39, 0.29) is 29.7 Å². The molecule has 2 aromatic rings. The normalized spacial score (nSPS) is 11.9. The van der Waals surface area contributed by atoms with Gasteiger partial charge in [-0.3, -0.25) is 9.59 Å². The average molecular weight is 573 g/mol. The molecule has 0 aliphatic rings. The molecule has 1 unspecified atom stereocenters. The van der Waals surface area contributed by atoms with Crippen LogP contribution in [0.15, 0.2) is 46.0 Å². The fourth-order valence-electron chi connectivity index (χ4n) is 2.72. The van der Waals surface area contributed by atoms with Crippen molar-refractivity contribution in [3.63, 3.8) is 0 Å². The monoisotopic (exact) mass is 571 g/mol. The summed E-state index contributed by atoms with van der Waals surface area (Å²) < 4.78 is 10.8. The Morgan fingerprint density at radius 3 is 2.50 bits per heavy atom. The van der Waals surface area contributed by atoms with Gasteiger partial charge in [-0.1, -0.05) is 37.0 Å². The van der Waals surface area contributed by atoms with E-state index in [1.54, 1.807) is 45.0 Å². The first-order chi connectivity index (χ1) is 16.1. The van der Waals surface area contributed by atoms with Gasteiger partial charge in [-0.05, 0) is 70.7 Å². The highest BCUT2D eigenvalue weighted by atomic mass is 79.9. The van der Waals surface area contributed by atoms with Crippen LogP contribution in [0.2, 0.25) is 10.0 Å². The number of nitrogens with zero attached hydrogens (tertiary/aromatic N) is 1. The van der Waals surface area contributed by atoms with Gasteiger partial charge >= 0.3 is 5.97 Å². The Labute approximate surface area is 216 Å². The average Bonchev–Trinajstić information content (AvgIpc) is 2.76. The molecule has 0 spiro atoms. The van der Waals surface area contributed by atoms with E-state index < -0.39 is 23.8 Å². The van der Waals surface area contributed by atoms with Crippen LogP contribution in [0, 0.1) is 5.92 Å². The van der Waals surface area contributed by atoms with E-state index in [2.05, 4.69) is 31.8 Å². The number of halogens is 3. The Hall–Kier alpha value is -2.62. The topological polar surface area (TPSA) is 106 Å². The lowest BCUT2D eigenvalue weighted by atomic mass is 10.0. The number of benzene rings is 2. The lowest BCUT2D eigenvalue weighted by Crippen LogP contribution is -2.48. The summed E-state index contributed by atoms with van der Waals surface area (Å²) in [4.78, 5) is 36.6. The second kappa shape index (κ2) is 13.3. The summed E-state index contributed by atoms with van der Waals surface area (Å²) in [6, 6.07) is 8.71. The number of nitrogens with one attached hydrogen (secondary N) is 2. The molecule has 0 bridgehead atoms. The Morgan fingerprint density at radius 1 is 1.15 bits per heavy atom. The van der Waals surface area contributed by atoms with Crippen molar-refractivity contribution in [2.75, 3.05) is 13.2 Å². The van der Waals surface area contributed by atoms with E-state index in [0.717, 1.165) is 0 Å². The summed E-state index contributed by atoms with van der Waals surface area (Å²) in [7, 11) is 0. The van der Waals surface area contributed by atoms with Crippen LogP contribution in [0.25, 0.3) is 0 Å². The summed E-state index contributed by atoms with van der Waals surface area (Å²) >= 11 is 15.3. The molecule has 34 heavy (non-hydrogen) atoms. The molecule has 8 nitrogen and oxygen atoms in total. The van der Waals surface area contributed by atoms with Gasteiger partial charge in [0.25, 0.3) is 11.8 Å². The first-order valence-electron chi connectivity index (χ1n) is 10.3. The molecule has 0 saturated heterocycles. The van der Waals surface area contributed by atoms with Crippen molar-refractivity contribution in [3.05, 3.63) is 62.0 Å². The van der Waals surface area contributed by atoms with Crippen molar-refractivity contribution in [1.82, 2.24) is 10.7 Å². The second-order valence-electron chi connectivity index (χ2n) is 7.34. The van der Waals surface area contributed by atoms with Gasteiger partial charge in [-0.25, -0.2) is 10.2 Å². The molecule has 0 fully saturated rings. The highest BCUT2D eigenvalue weighted by Gasteiger charge is 2.25. The molecule has 2 amide bonds. The van der Waals surface area contributed by atoms with Crippen LogP contribution >= 0.6 is 39.1 Å². The number of hydrogen-bond acceptors (Lipinski definition) is 6. The van der Waals surface area contributed by atoms with Gasteiger partial charge in [0.2, 0.25) is 0 Å². The van der Waals surface area contributed by atoms with Crippen molar-refractivity contribution in [1.29, 1.82) is 0 Å². The summed E-state index contributed by atoms with van der Waals surface area (Å²) in [5, 5.41) is 7.23. The molecule has 0 heterocycles. The smallest absolute Gasteiger partial charge is 0.344 e. The molecule has 0 saturated carbocycles. The number of hydrogen-bond donors (Lipinski definition) is 2. The number of ether oxygens (including phenoxy) is 2. The second-order valence-corrected chi connectivity index (χ2v) is 9.04. The molecule has 1 atom stereocenters. The standard InChI is InChI=1S/C23H24BrCl2N3O5/c1-4-33-20(30)12-34-19-8-5-14(9-17(19)24)11-27-29-23(32)21(13(2)3)28-22(31)16-7-6-15(25)10-18(16)26/h5-11,13,21H,4,12H2,1-3H3,(H,28,31)(H,29,32)/b27-11+. The first-order valence-corrected chi connectivity index (χ1v) is 11.8. The molecule has 11 heteroatoms. The van der Waals surface area contributed by atoms with Crippen LogP contribution in [0.3, 0.4) is 0 Å². The number of carbonyl (C=O) groups is 3. The molecular formula is C23H24BrCl2N3O5. The Bertz CT molecular complexity index is 1080. The molecule has 0 aliphatic carbocycles. The van der Waals surface area contributed by atoms with E-state index in [1.165, 1.54) is 18.3 Å². The van der Waals surface area contributed by atoms with Crippen LogP contribution in [0.4, 0.5) is 0 Å². The molecular weight excluding hydrogens is 549 g/mol. The summed E-state index contributed by atoms with van der Waals surface area (Å²) in [5.41, 5.74) is 3.31. The van der Waals surface area contributed by atoms with Crippen LogP contribution in [0.1, 0.15) is 36.7 Å². The van der Waals surface area contributed by atoms with Crippen LogP contribution in [0.5, 0.6) is 5.75 Å². The van der Waals surface area contributed by atoms with E-state index in [4.69, 9.17) is 32.7 Å². The number of esters is 1. The highest BCUT2D eigenvalue weighted by Crippen LogP contribution is 2.25. The SMILES string of the molecule is CCOC(=O)COc1ccc(/C=N/NC(=O)C(NC(=O)c2ccc(Cl)cc2Cl)C(C)C)cc1Br. The van der Waals surface area contributed by atoms with Crippen molar-refractivity contribution in [2.24, 2.45) is 11.0 Å². The predicted molar refractivity (Wildman–Crippen MR) is 135 cm³/mol. The molecule has 182 valence electrons. The first kappa shape index (κ1) is 27.6. The number of rotatable bonds is 10. The third-order valence-corrected chi connectivity index (χ3v) is 5.57. The highest BCUT2D eigenvalue weighted by molar-refractivity contribution is 9.10. The van der Waals surface area contributed by atoms with Gasteiger partial charge in [0.15, 0.2) is 6.61 Å². The molecule has 0 radical (unpaired) electrons. The van der Waals surface area contributed by atoms with E-state index in [9.17, 15) is 14.4 Å². The van der Waals surface area contributed by atoms with Gasteiger partial charge < -0.3 is 14.8 Å². The van der Waals surface area contributed by atoms with Crippen LogP contribution in [-0.2, 0) is 14.3 Å². The molecule has 2 N–H and O–H groups in total. The summed E-state index contributed by atoms with van der Waals surface area (Å²) in [6.45, 7) is 5.38. The number of carbonyl (C=O) groups excluding carboxylic acids is 3. The quantitative estimate of drug-likeness (QED) is 0.246. The Kier molecular flexibility index (Phi) is 10.8. The number of hydrazone groups is 1. The van der Waals surface area contributed by atoms with E-state index in [1.807, 2.05) is 0 Å². The molecule has 2 rings (SSSR count). The van der Waals surface area contributed by atoms with Gasteiger partial charge in [0.1, 0.15) is 11.8 Å². The fraction of sp³-hybridized carbons (Fsp3) is 0.304. The van der Waals surface area contributed by atoms with Crippen molar-refractivity contribution < 1.29 is 23.9 Å². The van der Waals surface area contributed by atoms with Gasteiger partial charge in [-0.15, -0.1) is 0 Å². The maximum absolute atomic E-state index is 12.6. The zero-order valence-corrected chi connectivity index (χ0v) is 21.8. The Morgan fingerprint density at radius 2 is 1.88 bits per heavy atom. The summed E-state index contributed by atoms with van der Waals surface area (Å²) in [5.74, 6) is -1.21. The van der Waals surface area contributed by atoms with Crippen molar-refractivity contribution in [2.45, 2.75) is 26.8 Å². The minimum Gasteiger partial charge on any atom is -0.481 e. The summed E-state index contributed by atoms with van der Waals surface area (Å²) in [6.07, 6.45) is 1.44. The van der Waals surface area contributed by atoms with Crippen molar-refractivity contribution in [3.8, 4) is 5.75 Å². The molecule has 2 aromatic carbocycles. The Balaban J connectivity index is 1.99. The maximum atomic E-state index is 12.6. The number of amides is 2. The lowest BCUT2D eigenvalue weighted by molar-refractivity contribution is -0.145. The third-order valence-electron chi connectivity index (χ3n) is 4.41. The fourth-order valence-corrected chi connectivity index (χ4v) is 3.73. The van der Waals surface area contributed by atoms with E-state index >= 15 is 0 Å². The largest absolute Gasteiger partial charge is 0.481 e. The molecule has 0 aliphatic heterocycles. The molecule has 0 aromatic heterocycles. The predicted octanol–water partition coefficient (Wildman–Crippen LogP) is 4.60. The van der Waals surface area contributed by atoms with Crippen LogP contribution < -0.4 is 15.5 Å². The zero-order chi connectivity index (χ0) is 25.3. The van der Waals surface area contributed by atoms with Gasteiger partial charge in [-0.2, -0.15) is 5.10 Å². The van der Waals surface area contributed by atoms with Gasteiger partial charge in [0.05, 0.1) is 27.9 Å². The van der Waals surface area contributed by atoms with Crippen LogP contribution in [-0.4, -0.2) is 43.3 Å². The minimum atomic E-state index is -0.846. The zero-order valence-electron chi connectivity index (χ0n) is 18.7. The minimum absolute atomic E-state index is 0.186. The lowest BCUT2D eigenvalue weighted by Gasteiger charge is -2.20. The van der Waals surface area contributed by atoms with E-state index in [0.29, 0.717) is 20.8 Å². The maximum Gasteiger partial charge on any atom is 0.344 e. The van der Waals surface area contributed by atoms with Crippen molar-refractivity contribution >= 4 is 63.1 Å². The third kappa shape index (κ3) is 8.30.